The van der Waals surface area contributed by atoms with Crippen molar-refractivity contribution in [3.63, 3.8) is 0 Å². The van der Waals surface area contributed by atoms with Crippen LogP contribution in [-0.4, -0.2) is 7.28 Å². The highest BCUT2D eigenvalue weighted by atomic mass is 14.1. The minimum atomic E-state index is 1.27. The van der Waals surface area contributed by atoms with Crippen LogP contribution < -0.4 is 10.9 Å². The Morgan fingerprint density at radius 2 is 0.724 bits per heavy atom. The first-order valence-electron chi connectivity index (χ1n) is 10.2. The molecule has 1 heteroatoms. The molecule has 4 aromatic rings. The minimum absolute atomic E-state index is 1.27. The predicted molar refractivity (Wildman–Crippen MR) is 128 cm³/mol. The summed E-state index contributed by atoms with van der Waals surface area (Å²) < 4.78 is 0. The highest BCUT2D eigenvalue weighted by Gasteiger charge is 2.13. The maximum atomic E-state index is 2.36. The second kappa shape index (κ2) is 8.13. The zero-order chi connectivity index (χ0) is 20.4. The zero-order valence-electron chi connectivity index (χ0n) is 17.7. The first-order chi connectivity index (χ1) is 14.0. The van der Waals surface area contributed by atoms with Crippen LogP contribution in [-0.2, 0) is 0 Å². The average molecular weight is 373 g/mol. The van der Waals surface area contributed by atoms with Gasteiger partial charge in [-0.2, -0.15) is 0 Å². The molecule has 0 aliphatic rings. The van der Waals surface area contributed by atoms with E-state index in [9.17, 15) is 0 Å². The van der Waals surface area contributed by atoms with Gasteiger partial charge in [0.15, 0.2) is 7.28 Å². The molecule has 0 N–H and O–H groups in total. The van der Waals surface area contributed by atoms with Gasteiger partial charge in [0.2, 0.25) is 0 Å². The lowest BCUT2D eigenvalue weighted by molar-refractivity contribution is 1.41. The quantitative estimate of drug-likeness (QED) is 0.390. The van der Waals surface area contributed by atoms with Crippen molar-refractivity contribution in [3.8, 4) is 22.3 Å². The maximum absolute atomic E-state index is 2.36. The molecule has 0 atom stereocenters. The fourth-order valence-electron chi connectivity index (χ4n) is 4.14. The molecule has 1 radical (unpaired) electrons. The van der Waals surface area contributed by atoms with E-state index in [0.717, 1.165) is 0 Å². The monoisotopic (exact) mass is 373 g/mol. The molecule has 29 heavy (non-hydrogen) atoms. The van der Waals surface area contributed by atoms with Gasteiger partial charge in [0.1, 0.15) is 0 Å². The molecule has 0 aliphatic carbocycles. The third kappa shape index (κ3) is 4.05. The molecule has 0 saturated carbocycles. The van der Waals surface area contributed by atoms with Crippen molar-refractivity contribution >= 4 is 18.2 Å². The van der Waals surface area contributed by atoms with Crippen LogP contribution in [0.25, 0.3) is 22.3 Å². The smallest absolute Gasteiger partial charge is 0.0756 e. The van der Waals surface area contributed by atoms with Crippen LogP contribution in [0.1, 0.15) is 22.3 Å². The first kappa shape index (κ1) is 19.3. The predicted octanol–water partition coefficient (Wildman–Crippen LogP) is 5.91. The molecule has 141 valence electrons. The molecule has 0 bridgehead atoms. The summed E-state index contributed by atoms with van der Waals surface area (Å²) in [6.07, 6.45) is 0. The van der Waals surface area contributed by atoms with Gasteiger partial charge in [-0.25, -0.2) is 0 Å². The van der Waals surface area contributed by atoms with Crippen molar-refractivity contribution in [1.29, 1.82) is 0 Å². The second-order valence-corrected chi connectivity index (χ2v) is 7.92. The van der Waals surface area contributed by atoms with E-state index >= 15 is 0 Å². The molecular weight excluding hydrogens is 347 g/mol. The number of rotatable bonds is 4. The van der Waals surface area contributed by atoms with Crippen molar-refractivity contribution < 1.29 is 0 Å². The largest absolute Gasteiger partial charge is 0.192 e. The molecule has 0 nitrogen and oxygen atoms in total. The Morgan fingerprint density at radius 3 is 1.03 bits per heavy atom. The molecule has 0 saturated heterocycles. The van der Waals surface area contributed by atoms with Gasteiger partial charge in [-0.1, -0.05) is 118 Å². The topological polar surface area (TPSA) is 0 Å². The molecule has 0 unspecified atom stereocenters. The van der Waals surface area contributed by atoms with Gasteiger partial charge in [0, 0.05) is 0 Å². The molecule has 0 spiro atoms. The highest BCUT2D eigenvalue weighted by Crippen LogP contribution is 2.22. The van der Waals surface area contributed by atoms with Gasteiger partial charge in [-0.05, 0) is 49.9 Å². The summed E-state index contributed by atoms with van der Waals surface area (Å²) in [5.74, 6) is 0. The van der Waals surface area contributed by atoms with Crippen molar-refractivity contribution in [1.82, 2.24) is 0 Å². The van der Waals surface area contributed by atoms with E-state index < -0.39 is 0 Å². The molecular formula is C28H26B. The summed E-state index contributed by atoms with van der Waals surface area (Å²) >= 11 is 0. The van der Waals surface area contributed by atoms with Crippen LogP contribution in [0.15, 0.2) is 84.9 Å². The number of hydrogen-bond acceptors (Lipinski definition) is 0. The van der Waals surface area contributed by atoms with Crippen LogP contribution in [0.5, 0.6) is 0 Å². The Kier molecular flexibility index (Phi) is 5.40. The number of benzene rings is 4. The van der Waals surface area contributed by atoms with E-state index in [4.69, 9.17) is 0 Å². The van der Waals surface area contributed by atoms with Crippen LogP contribution >= 0.6 is 0 Å². The van der Waals surface area contributed by atoms with Crippen molar-refractivity contribution in [2.75, 3.05) is 0 Å². The summed E-state index contributed by atoms with van der Waals surface area (Å²) in [5.41, 5.74) is 13.0. The minimum Gasteiger partial charge on any atom is -0.0756 e. The standard InChI is InChI=1S/C28H26B/c1-19-15-25(23-11-7-5-8-12-23)16-20(2)27(19)29-28-21(3)17-26(18-22(28)4)24-13-9-6-10-14-24/h5-18H,1-4H3. The molecule has 0 heterocycles. The van der Waals surface area contributed by atoms with Crippen LogP contribution in [0.4, 0.5) is 0 Å². The van der Waals surface area contributed by atoms with E-state index in [2.05, 4.69) is 120 Å². The summed E-state index contributed by atoms with van der Waals surface area (Å²) in [4.78, 5) is 0. The van der Waals surface area contributed by atoms with Crippen molar-refractivity contribution in [2.45, 2.75) is 27.7 Å². The second-order valence-electron chi connectivity index (χ2n) is 7.92. The van der Waals surface area contributed by atoms with E-state index in [1.54, 1.807) is 0 Å². The summed E-state index contributed by atoms with van der Waals surface area (Å²) in [6.45, 7) is 8.87. The van der Waals surface area contributed by atoms with Gasteiger partial charge >= 0.3 is 0 Å². The highest BCUT2D eigenvalue weighted by molar-refractivity contribution is 6.69. The SMILES string of the molecule is Cc1cc(-c2ccccc2)cc(C)c1[B]c1c(C)cc(-c2ccccc2)cc1C. The van der Waals surface area contributed by atoms with E-state index in [1.807, 2.05) is 0 Å². The van der Waals surface area contributed by atoms with Crippen molar-refractivity contribution in [2.24, 2.45) is 0 Å². The van der Waals surface area contributed by atoms with Crippen LogP contribution in [0, 0.1) is 27.7 Å². The fourth-order valence-corrected chi connectivity index (χ4v) is 4.14. The Balaban J connectivity index is 1.69. The Bertz CT molecular complexity index is 1000. The van der Waals surface area contributed by atoms with Gasteiger partial charge in [0.05, 0.1) is 0 Å². The number of aryl methyl sites for hydroxylation is 4. The van der Waals surface area contributed by atoms with Gasteiger partial charge in [-0.15, -0.1) is 0 Å². The van der Waals surface area contributed by atoms with Gasteiger partial charge in [0.25, 0.3) is 0 Å². The zero-order valence-corrected chi connectivity index (χ0v) is 17.7. The summed E-state index contributed by atoms with van der Waals surface area (Å²) in [6, 6.07) is 30.4. The number of hydrogen-bond donors (Lipinski definition) is 0. The maximum Gasteiger partial charge on any atom is 0.192 e. The molecule has 0 aliphatic heterocycles. The van der Waals surface area contributed by atoms with E-state index in [1.165, 1.54) is 55.4 Å². The molecule has 4 rings (SSSR count). The van der Waals surface area contributed by atoms with Crippen LogP contribution in [0.2, 0.25) is 0 Å². The van der Waals surface area contributed by atoms with Gasteiger partial charge in [-0.3, -0.25) is 0 Å². The summed E-state index contributed by atoms with van der Waals surface area (Å²) in [5, 5.41) is 0. The first-order valence-corrected chi connectivity index (χ1v) is 10.2. The average Bonchev–Trinajstić information content (AvgIpc) is 2.73. The normalized spacial score (nSPS) is 10.8. The molecule has 0 amide bonds. The molecule has 0 fully saturated rings. The summed E-state index contributed by atoms with van der Waals surface area (Å²) in [7, 11) is 2.36. The van der Waals surface area contributed by atoms with Crippen molar-refractivity contribution in [3.05, 3.63) is 107 Å². The third-order valence-corrected chi connectivity index (χ3v) is 5.69. The Hall–Kier alpha value is -3.06. The van der Waals surface area contributed by atoms with E-state index in [-0.39, 0.29) is 0 Å². The van der Waals surface area contributed by atoms with Crippen LogP contribution in [0.3, 0.4) is 0 Å². The lowest BCUT2D eigenvalue weighted by Crippen LogP contribution is -2.34. The Morgan fingerprint density at radius 1 is 0.414 bits per heavy atom. The van der Waals surface area contributed by atoms with E-state index in [0.29, 0.717) is 0 Å². The lowest BCUT2D eigenvalue weighted by atomic mass is 9.58. The Labute approximate surface area is 175 Å². The molecule has 0 aromatic heterocycles. The molecule has 4 aromatic carbocycles. The fraction of sp³-hybridized carbons (Fsp3) is 0.143. The van der Waals surface area contributed by atoms with Gasteiger partial charge < -0.3 is 0 Å². The lowest BCUT2D eigenvalue weighted by Gasteiger charge is -2.17. The third-order valence-electron chi connectivity index (χ3n) is 5.69.